The van der Waals surface area contributed by atoms with Crippen molar-refractivity contribution in [3.8, 4) is 0 Å². The van der Waals surface area contributed by atoms with E-state index in [-0.39, 0.29) is 0 Å². The third-order valence-electron chi connectivity index (χ3n) is 2.08. The molecule has 2 rings (SSSR count). The van der Waals surface area contributed by atoms with Crippen LogP contribution in [0.25, 0.3) is 0 Å². The van der Waals surface area contributed by atoms with Crippen LogP contribution in [0.1, 0.15) is 36.9 Å². The summed E-state index contributed by atoms with van der Waals surface area (Å²) in [5, 5.41) is 5.98. The van der Waals surface area contributed by atoms with Crippen molar-refractivity contribution in [3.63, 3.8) is 0 Å². The molecule has 0 radical (unpaired) electrons. The molecule has 0 unspecified atom stereocenters. The van der Waals surface area contributed by atoms with E-state index in [1.54, 1.807) is 0 Å². The molecule has 1 aliphatic heterocycles. The van der Waals surface area contributed by atoms with Crippen molar-refractivity contribution in [3.05, 3.63) is 10.7 Å². The highest BCUT2D eigenvalue weighted by molar-refractivity contribution is 7.16. The van der Waals surface area contributed by atoms with Crippen LogP contribution in [0, 0.1) is 0 Å². The van der Waals surface area contributed by atoms with Gasteiger partial charge in [0.25, 0.3) is 0 Å². The number of hydrogen-bond donors (Lipinski definition) is 1. The van der Waals surface area contributed by atoms with Crippen LogP contribution in [0.15, 0.2) is 0 Å². The van der Waals surface area contributed by atoms with Gasteiger partial charge in [-0.25, -0.2) is 4.98 Å². The number of fused-ring (bicyclic) bond motifs is 1. The van der Waals surface area contributed by atoms with Crippen LogP contribution >= 0.6 is 11.3 Å². The fourth-order valence-electron chi connectivity index (χ4n) is 1.38. The molecular weight excluding hydrogens is 168 g/mol. The van der Waals surface area contributed by atoms with Crippen molar-refractivity contribution in [2.45, 2.75) is 32.6 Å². The number of aryl methyl sites for hydroxylation is 1. The first-order chi connectivity index (χ1) is 5.77. The van der Waals surface area contributed by atoms with Crippen LogP contribution in [0.3, 0.4) is 0 Å². The molecule has 1 aliphatic rings. The Morgan fingerprint density at radius 1 is 1.50 bits per heavy atom. The number of nitrogens with one attached hydrogen (secondary N) is 1. The smallest absolute Gasteiger partial charge is 0.112 e. The Labute approximate surface area is 77.0 Å². The summed E-state index contributed by atoms with van der Waals surface area (Å²) in [5.74, 6) is 0.572. The van der Waals surface area contributed by atoms with Gasteiger partial charge in [0.05, 0.1) is 10.7 Å². The maximum Gasteiger partial charge on any atom is 0.112 e. The Kier molecular flexibility index (Phi) is 2.05. The minimum absolute atomic E-state index is 0.572. The van der Waals surface area contributed by atoms with Crippen LogP contribution in [0.5, 0.6) is 0 Å². The van der Waals surface area contributed by atoms with Gasteiger partial charge in [-0.1, -0.05) is 13.8 Å². The largest absolute Gasteiger partial charge is 0.375 e. The highest BCUT2D eigenvalue weighted by atomic mass is 32.1. The lowest BCUT2D eigenvalue weighted by atomic mass is 10.2. The molecule has 12 heavy (non-hydrogen) atoms. The summed E-state index contributed by atoms with van der Waals surface area (Å²) >= 11 is 1.82. The maximum atomic E-state index is 4.61. The lowest BCUT2D eigenvalue weighted by Crippen LogP contribution is -2.09. The van der Waals surface area contributed by atoms with Crippen molar-refractivity contribution in [2.24, 2.45) is 0 Å². The fourth-order valence-corrected chi connectivity index (χ4v) is 2.42. The number of aromatic nitrogens is 1. The molecule has 0 bridgehead atoms. The SMILES string of the molecule is CC(C)c1nc2c(s1)NCCC2. The van der Waals surface area contributed by atoms with Gasteiger partial charge < -0.3 is 5.32 Å². The molecule has 1 aromatic rings. The summed E-state index contributed by atoms with van der Waals surface area (Å²) in [4.78, 5) is 4.61. The predicted molar refractivity (Wildman–Crippen MR) is 53.0 cm³/mol. The third kappa shape index (κ3) is 1.33. The Balaban J connectivity index is 2.32. The van der Waals surface area contributed by atoms with E-state index >= 15 is 0 Å². The molecule has 0 saturated heterocycles. The maximum absolute atomic E-state index is 4.61. The molecule has 0 spiro atoms. The van der Waals surface area contributed by atoms with E-state index in [0.29, 0.717) is 5.92 Å². The number of thiazole rings is 1. The van der Waals surface area contributed by atoms with Crippen LogP contribution in [0.4, 0.5) is 5.00 Å². The second kappa shape index (κ2) is 3.05. The van der Waals surface area contributed by atoms with Gasteiger partial charge in [0, 0.05) is 12.5 Å². The van der Waals surface area contributed by atoms with Crippen LogP contribution in [-0.4, -0.2) is 11.5 Å². The zero-order valence-electron chi connectivity index (χ0n) is 7.55. The van der Waals surface area contributed by atoms with Crippen molar-refractivity contribution >= 4 is 16.3 Å². The Hall–Kier alpha value is -0.570. The van der Waals surface area contributed by atoms with Crippen molar-refractivity contribution < 1.29 is 0 Å². The van der Waals surface area contributed by atoms with Gasteiger partial charge in [-0.2, -0.15) is 0 Å². The topological polar surface area (TPSA) is 24.9 Å². The van der Waals surface area contributed by atoms with E-state index in [2.05, 4.69) is 24.1 Å². The molecule has 3 heteroatoms. The average molecular weight is 182 g/mol. The van der Waals surface area contributed by atoms with Gasteiger partial charge in [-0.3, -0.25) is 0 Å². The second-order valence-corrected chi connectivity index (χ2v) is 4.54. The van der Waals surface area contributed by atoms with Gasteiger partial charge in [0.15, 0.2) is 0 Å². The first kappa shape index (κ1) is 8.05. The molecular formula is C9H14N2S. The lowest BCUT2D eigenvalue weighted by molar-refractivity contribution is 0.789. The summed E-state index contributed by atoms with van der Waals surface area (Å²) < 4.78 is 0. The van der Waals surface area contributed by atoms with Crippen molar-refractivity contribution in [2.75, 3.05) is 11.9 Å². The average Bonchev–Trinajstić information content (AvgIpc) is 2.46. The number of nitrogens with zero attached hydrogens (tertiary/aromatic N) is 1. The van der Waals surface area contributed by atoms with Crippen LogP contribution in [0.2, 0.25) is 0 Å². The number of rotatable bonds is 1. The summed E-state index contributed by atoms with van der Waals surface area (Å²) in [5.41, 5.74) is 1.29. The zero-order valence-corrected chi connectivity index (χ0v) is 8.37. The second-order valence-electron chi connectivity index (χ2n) is 3.51. The predicted octanol–water partition coefficient (Wildman–Crippen LogP) is 2.62. The van der Waals surface area contributed by atoms with Gasteiger partial charge in [0.1, 0.15) is 5.00 Å². The summed E-state index contributed by atoms with van der Waals surface area (Å²) in [6.07, 6.45) is 2.39. The molecule has 1 aromatic heterocycles. The summed E-state index contributed by atoms with van der Waals surface area (Å²) in [6, 6.07) is 0. The van der Waals surface area contributed by atoms with E-state index in [1.807, 2.05) is 11.3 Å². The molecule has 0 atom stereocenters. The Morgan fingerprint density at radius 2 is 2.33 bits per heavy atom. The summed E-state index contributed by atoms with van der Waals surface area (Å²) in [7, 11) is 0. The minimum atomic E-state index is 0.572. The minimum Gasteiger partial charge on any atom is -0.375 e. The molecule has 1 N–H and O–H groups in total. The normalized spacial score (nSPS) is 15.9. The van der Waals surface area contributed by atoms with Gasteiger partial charge in [0.2, 0.25) is 0 Å². The van der Waals surface area contributed by atoms with E-state index in [1.165, 1.54) is 22.1 Å². The van der Waals surface area contributed by atoms with Gasteiger partial charge in [-0.15, -0.1) is 11.3 Å². The molecule has 0 saturated carbocycles. The zero-order chi connectivity index (χ0) is 8.55. The number of hydrogen-bond acceptors (Lipinski definition) is 3. The first-order valence-electron chi connectivity index (χ1n) is 4.51. The van der Waals surface area contributed by atoms with E-state index < -0.39 is 0 Å². The quantitative estimate of drug-likeness (QED) is 0.722. The van der Waals surface area contributed by atoms with Gasteiger partial charge >= 0.3 is 0 Å². The monoisotopic (exact) mass is 182 g/mol. The molecule has 2 heterocycles. The Morgan fingerprint density at radius 3 is 3.00 bits per heavy atom. The van der Waals surface area contributed by atoms with E-state index in [9.17, 15) is 0 Å². The third-order valence-corrected chi connectivity index (χ3v) is 3.44. The van der Waals surface area contributed by atoms with E-state index in [0.717, 1.165) is 13.0 Å². The molecule has 0 aliphatic carbocycles. The molecule has 66 valence electrons. The molecule has 2 nitrogen and oxygen atoms in total. The van der Waals surface area contributed by atoms with Crippen molar-refractivity contribution in [1.82, 2.24) is 4.98 Å². The standard InChI is InChI=1S/C9H14N2S/c1-6(2)8-11-7-4-3-5-10-9(7)12-8/h6,10H,3-5H2,1-2H3. The fraction of sp³-hybridized carbons (Fsp3) is 0.667. The van der Waals surface area contributed by atoms with Gasteiger partial charge in [-0.05, 0) is 12.8 Å². The number of anilines is 1. The summed E-state index contributed by atoms with van der Waals surface area (Å²) in [6.45, 7) is 5.52. The van der Waals surface area contributed by atoms with E-state index in [4.69, 9.17) is 0 Å². The Bertz CT molecular complexity index is 255. The van der Waals surface area contributed by atoms with Crippen molar-refractivity contribution in [1.29, 1.82) is 0 Å². The molecule has 0 amide bonds. The van der Waals surface area contributed by atoms with Crippen LogP contribution < -0.4 is 5.32 Å². The first-order valence-corrected chi connectivity index (χ1v) is 5.32. The van der Waals surface area contributed by atoms with Crippen LogP contribution in [-0.2, 0) is 6.42 Å². The highest BCUT2D eigenvalue weighted by Crippen LogP contribution is 2.31. The lowest BCUT2D eigenvalue weighted by Gasteiger charge is -2.10. The molecule has 0 fully saturated rings. The highest BCUT2D eigenvalue weighted by Gasteiger charge is 2.15. The molecule has 0 aromatic carbocycles.